The lowest BCUT2D eigenvalue weighted by atomic mass is 10.0. The second-order valence-electron chi connectivity index (χ2n) is 5.84. The van der Waals surface area contributed by atoms with E-state index in [9.17, 15) is 0 Å². The van der Waals surface area contributed by atoms with Crippen molar-refractivity contribution in [3.8, 4) is 16.9 Å². The maximum Gasteiger partial charge on any atom is 0.113 e. The number of aryl methyl sites for hydroxylation is 2. The lowest BCUT2D eigenvalue weighted by molar-refractivity contribution is 0.767. The fraction of sp³-hybridized carbons (Fsp3) is 0.300. The molecule has 0 N–H and O–H groups in total. The number of nitrogens with zero attached hydrogens (tertiary/aromatic N) is 3. The van der Waals surface area contributed by atoms with Crippen molar-refractivity contribution in [2.45, 2.75) is 39.5 Å². The summed E-state index contributed by atoms with van der Waals surface area (Å²) < 4.78 is 1.96. The molecule has 0 fully saturated rings. The lowest BCUT2D eigenvalue weighted by Crippen LogP contribution is -2.05. The Bertz CT molecular complexity index is 735. The van der Waals surface area contributed by atoms with Gasteiger partial charge in [-0.2, -0.15) is 0 Å². The Hall–Kier alpha value is -2.42. The number of hydrogen-bond acceptors (Lipinski definition) is 2. The summed E-state index contributed by atoms with van der Waals surface area (Å²) in [5.41, 5.74) is 5.93. The van der Waals surface area contributed by atoms with E-state index in [-0.39, 0.29) is 0 Å². The van der Waals surface area contributed by atoms with Gasteiger partial charge in [-0.05, 0) is 24.0 Å². The minimum absolute atomic E-state index is 0.916. The second-order valence-corrected chi connectivity index (χ2v) is 5.84. The van der Waals surface area contributed by atoms with Gasteiger partial charge in [-0.1, -0.05) is 80.4 Å². The van der Waals surface area contributed by atoms with Crippen LogP contribution in [-0.4, -0.2) is 15.0 Å². The van der Waals surface area contributed by atoms with E-state index in [0.717, 1.165) is 36.9 Å². The number of benzene rings is 2. The zero-order valence-electron chi connectivity index (χ0n) is 13.9. The zero-order valence-corrected chi connectivity index (χ0v) is 13.9. The van der Waals surface area contributed by atoms with Gasteiger partial charge in [0.2, 0.25) is 0 Å². The van der Waals surface area contributed by atoms with Crippen LogP contribution >= 0.6 is 0 Å². The molecule has 3 heteroatoms. The Balaban J connectivity index is 2.05. The normalized spacial score (nSPS) is 10.9. The van der Waals surface area contributed by atoms with Gasteiger partial charge in [-0.3, -0.25) is 0 Å². The predicted octanol–water partition coefficient (Wildman–Crippen LogP) is 4.84. The fourth-order valence-corrected chi connectivity index (χ4v) is 3.00. The largest absolute Gasteiger partial charge is 0.220 e. The first-order valence-electron chi connectivity index (χ1n) is 8.42. The molecule has 118 valence electrons. The van der Waals surface area contributed by atoms with Gasteiger partial charge in [0.15, 0.2) is 0 Å². The molecule has 1 aromatic heterocycles. The van der Waals surface area contributed by atoms with Crippen molar-refractivity contribution in [2.24, 2.45) is 0 Å². The molecule has 2 aromatic carbocycles. The van der Waals surface area contributed by atoms with Crippen LogP contribution in [-0.2, 0) is 12.8 Å². The first-order valence-corrected chi connectivity index (χ1v) is 8.42. The number of para-hydroxylation sites is 1. The second kappa shape index (κ2) is 7.23. The molecule has 0 aliphatic heterocycles. The molecule has 3 aromatic rings. The molecule has 3 rings (SSSR count). The summed E-state index contributed by atoms with van der Waals surface area (Å²) in [5.74, 6) is 0. The molecule has 0 spiro atoms. The summed E-state index contributed by atoms with van der Waals surface area (Å²) in [4.78, 5) is 0. The standard InChI is InChI=1S/C20H23N3/c1-3-9-17-13-8-14-18(10-4-2)20(17)23-15-19(21-22-23)16-11-6-5-7-12-16/h5-8,11-15H,3-4,9-10H2,1-2H3. The van der Waals surface area contributed by atoms with Gasteiger partial charge < -0.3 is 0 Å². The van der Waals surface area contributed by atoms with Gasteiger partial charge >= 0.3 is 0 Å². The minimum atomic E-state index is 0.916. The van der Waals surface area contributed by atoms with Crippen molar-refractivity contribution in [1.29, 1.82) is 0 Å². The van der Waals surface area contributed by atoms with E-state index in [2.05, 4.69) is 54.5 Å². The van der Waals surface area contributed by atoms with Gasteiger partial charge in [0.05, 0.1) is 11.9 Å². The first kappa shape index (κ1) is 15.5. The minimum Gasteiger partial charge on any atom is -0.220 e. The van der Waals surface area contributed by atoms with Crippen LogP contribution < -0.4 is 0 Å². The lowest BCUT2D eigenvalue weighted by Gasteiger charge is -2.13. The van der Waals surface area contributed by atoms with Crippen LogP contribution in [0.5, 0.6) is 0 Å². The smallest absolute Gasteiger partial charge is 0.113 e. The van der Waals surface area contributed by atoms with Crippen molar-refractivity contribution in [3.63, 3.8) is 0 Å². The highest BCUT2D eigenvalue weighted by Crippen LogP contribution is 2.24. The summed E-state index contributed by atoms with van der Waals surface area (Å²) >= 11 is 0. The number of aromatic nitrogens is 3. The van der Waals surface area contributed by atoms with Crippen LogP contribution in [0.1, 0.15) is 37.8 Å². The highest BCUT2D eigenvalue weighted by Gasteiger charge is 2.12. The Morgan fingerprint density at radius 1 is 0.826 bits per heavy atom. The Labute approximate surface area is 138 Å². The van der Waals surface area contributed by atoms with Crippen LogP contribution in [0.4, 0.5) is 0 Å². The van der Waals surface area contributed by atoms with Crippen LogP contribution in [0.25, 0.3) is 16.9 Å². The van der Waals surface area contributed by atoms with E-state index >= 15 is 0 Å². The molecule has 0 unspecified atom stereocenters. The van der Waals surface area contributed by atoms with E-state index in [1.54, 1.807) is 0 Å². The van der Waals surface area contributed by atoms with E-state index in [4.69, 9.17) is 0 Å². The molecule has 0 aliphatic rings. The van der Waals surface area contributed by atoms with E-state index in [1.165, 1.54) is 16.8 Å². The van der Waals surface area contributed by atoms with E-state index < -0.39 is 0 Å². The molecular weight excluding hydrogens is 282 g/mol. The summed E-state index contributed by atoms with van der Waals surface area (Å²) in [5, 5.41) is 8.79. The summed E-state index contributed by atoms with van der Waals surface area (Å²) in [6.07, 6.45) is 6.43. The van der Waals surface area contributed by atoms with Gasteiger partial charge in [0.25, 0.3) is 0 Å². The molecule has 0 saturated carbocycles. The SMILES string of the molecule is CCCc1cccc(CCC)c1-n1cc(-c2ccccc2)nn1. The zero-order chi connectivity index (χ0) is 16.1. The van der Waals surface area contributed by atoms with Crippen molar-refractivity contribution in [2.75, 3.05) is 0 Å². The van der Waals surface area contributed by atoms with Gasteiger partial charge in [0.1, 0.15) is 5.69 Å². The van der Waals surface area contributed by atoms with Gasteiger partial charge in [0, 0.05) is 5.56 Å². The quantitative estimate of drug-likeness (QED) is 0.652. The third-order valence-corrected chi connectivity index (χ3v) is 4.03. The van der Waals surface area contributed by atoms with Crippen molar-refractivity contribution in [1.82, 2.24) is 15.0 Å². The summed E-state index contributed by atoms with van der Waals surface area (Å²) in [7, 11) is 0. The molecular formula is C20H23N3. The van der Waals surface area contributed by atoms with Gasteiger partial charge in [-0.15, -0.1) is 5.10 Å². The molecule has 0 amide bonds. The van der Waals surface area contributed by atoms with Crippen molar-refractivity contribution >= 4 is 0 Å². The van der Waals surface area contributed by atoms with Crippen LogP contribution in [0.2, 0.25) is 0 Å². The predicted molar refractivity (Wildman–Crippen MR) is 94.8 cm³/mol. The maximum absolute atomic E-state index is 4.42. The summed E-state index contributed by atoms with van der Waals surface area (Å²) in [6.45, 7) is 4.43. The Morgan fingerprint density at radius 3 is 2.09 bits per heavy atom. The van der Waals surface area contributed by atoms with Gasteiger partial charge in [-0.25, -0.2) is 4.68 Å². The van der Waals surface area contributed by atoms with Crippen molar-refractivity contribution < 1.29 is 0 Å². The Morgan fingerprint density at radius 2 is 1.48 bits per heavy atom. The summed E-state index contributed by atoms with van der Waals surface area (Å²) in [6, 6.07) is 16.8. The molecule has 0 aliphatic carbocycles. The first-order chi connectivity index (χ1) is 11.3. The molecule has 3 nitrogen and oxygen atoms in total. The highest BCUT2D eigenvalue weighted by molar-refractivity contribution is 5.58. The average molecular weight is 305 g/mol. The fourth-order valence-electron chi connectivity index (χ4n) is 3.00. The van der Waals surface area contributed by atoms with E-state index in [0.29, 0.717) is 0 Å². The number of rotatable bonds is 6. The third kappa shape index (κ3) is 3.34. The molecule has 0 radical (unpaired) electrons. The van der Waals surface area contributed by atoms with Crippen LogP contribution in [0.15, 0.2) is 54.7 Å². The third-order valence-electron chi connectivity index (χ3n) is 4.03. The molecule has 1 heterocycles. The van der Waals surface area contributed by atoms with Crippen LogP contribution in [0.3, 0.4) is 0 Å². The molecule has 23 heavy (non-hydrogen) atoms. The van der Waals surface area contributed by atoms with Crippen molar-refractivity contribution in [3.05, 3.63) is 65.9 Å². The molecule has 0 atom stereocenters. The average Bonchev–Trinajstić information content (AvgIpc) is 3.06. The van der Waals surface area contributed by atoms with E-state index in [1.807, 2.05) is 29.1 Å². The molecule has 0 bridgehead atoms. The monoisotopic (exact) mass is 305 g/mol. The number of hydrogen-bond donors (Lipinski definition) is 0. The topological polar surface area (TPSA) is 30.7 Å². The highest BCUT2D eigenvalue weighted by atomic mass is 15.4. The van der Waals surface area contributed by atoms with Crippen LogP contribution in [0, 0.1) is 0 Å². The Kier molecular flexibility index (Phi) is 4.86. The molecule has 0 saturated heterocycles. The maximum atomic E-state index is 4.42.